The van der Waals surface area contributed by atoms with Gasteiger partial charge in [0.25, 0.3) is 5.91 Å². The molecule has 2 rings (SSSR count). The summed E-state index contributed by atoms with van der Waals surface area (Å²) in [4.78, 5) is 17.2. The standard InChI is InChI=1S/C22H30FN5O3S/c1-22(2,3)28-21(26-19(25)13-18(24)14-5-9-16(23)10-6-14)27-20(29)15-7-11-17(12-8-15)32(4,30)31/h5-12,18-19H,13,24-25H2,1-4H3,(H2,26,27,28,29). The van der Waals surface area contributed by atoms with Crippen LogP contribution in [0, 0.1) is 5.82 Å². The third-order valence-corrected chi connectivity index (χ3v) is 5.49. The minimum absolute atomic E-state index is 0.118. The minimum atomic E-state index is -3.36. The molecular formula is C22H30FN5O3S. The molecule has 10 heteroatoms. The Bertz CT molecular complexity index is 1060. The highest BCUT2D eigenvalue weighted by Crippen LogP contribution is 2.16. The van der Waals surface area contributed by atoms with Crippen LogP contribution in [0.5, 0.6) is 0 Å². The van der Waals surface area contributed by atoms with Gasteiger partial charge in [0.1, 0.15) is 12.0 Å². The van der Waals surface area contributed by atoms with Gasteiger partial charge in [-0.15, -0.1) is 0 Å². The third kappa shape index (κ3) is 8.03. The van der Waals surface area contributed by atoms with Crippen LogP contribution < -0.4 is 22.1 Å². The van der Waals surface area contributed by atoms with Gasteiger partial charge in [-0.05, 0) is 62.7 Å². The lowest BCUT2D eigenvalue weighted by Gasteiger charge is -2.25. The molecule has 2 aromatic carbocycles. The molecule has 2 aromatic rings. The van der Waals surface area contributed by atoms with Crippen LogP contribution in [0.25, 0.3) is 0 Å². The molecule has 0 fully saturated rings. The Morgan fingerprint density at radius 2 is 1.62 bits per heavy atom. The molecular weight excluding hydrogens is 433 g/mol. The van der Waals surface area contributed by atoms with Crippen LogP contribution >= 0.6 is 0 Å². The molecule has 0 aliphatic carbocycles. The van der Waals surface area contributed by atoms with Crippen LogP contribution in [0.2, 0.25) is 0 Å². The number of guanidine groups is 1. The number of hydrogen-bond donors (Lipinski definition) is 4. The molecule has 8 nitrogen and oxygen atoms in total. The van der Waals surface area contributed by atoms with Crippen molar-refractivity contribution in [1.82, 2.24) is 10.6 Å². The molecule has 0 aliphatic rings. The van der Waals surface area contributed by atoms with Gasteiger partial charge in [0.15, 0.2) is 15.8 Å². The molecule has 0 aliphatic heterocycles. The first-order valence-corrected chi connectivity index (χ1v) is 11.9. The van der Waals surface area contributed by atoms with Crippen molar-refractivity contribution in [1.29, 1.82) is 0 Å². The fourth-order valence-corrected chi connectivity index (χ4v) is 3.44. The van der Waals surface area contributed by atoms with E-state index < -0.39 is 33.5 Å². The van der Waals surface area contributed by atoms with Gasteiger partial charge in [-0.25, -0.2) is 17.8 Å². The number of aliphatic imine (C=N–C) groups is 1. The van der Waals surface area contributed by atoms with Crippen LogP contribution in [0.4, 0.5) is 4.39 Å². The molecule has 0 saturated carbocycles. The predicted molar refractivity (Wildman–Crippen MR) is 123 cm³/mol. The van der Waals surface area contributed by atoms with Crippen LogP contribution in [0.3, 0.4) is 0 Å². The van der Waals surface area contributed by atoms with Crippen LogP contribution in [0.15, 0.2) is 58.4 Å². The molecule has 174 valence electrons. The van der Waals surface area contributed by atoms with Crippen molar-refractivity contribution in [3.63, 3.8) is 0 Å². The molecule has 0 aromatic heterocycles. The van der Waals surface area contributed by atoms with Gasteiger partial charge >= 0.3 is 0 Å². The van der Waals surface area contributed by atoms with E-state index in [1.54, 1.807) is 12.1 Å². The first kappa shape index (κ1) is 25.4. The van der Waals surface area contributed by atoms with E-state index in [9.17, 15) is 17.6 Å². The monoisotopic (exact) mass is 463 g/mol. The number of nitrogens with one attached hydrogen (secondary N) is 2. The summed E-state index contributed by atoms with van der Waals surface area (Å²) in [7, 11) is -3.36. The van der Waals surface area contributed by atoms with E-state index in [1.807, 2.05) is 20.8 Å². The SMILES string of the molecule is CC(C)(C)NC(=NC(N)CC(N)c1ccc(F)cc1)NC(=O)c1ccc(S(C)(=O)=O)cc1. The van der Waals surface area contributed by atoms with Gasteiger partial charge in [-0.1, -0.05) is 12.1 Å². The first-order valence-electron chi connectivity index (χ1n) is 9.99. The third-order valence-electron chi connectivity index (χ3n) is 4.36. The lowest BCUT2D eigenvalue weighted by Crippen LogP contribution is -2.50. The number of hydrogen-bond acceptors (Lipinski definition) is 6. The van der Waals surface area contributed by atoms with Gasteiger partial charge in [0.2, 0.25) is 0 Å². The molecule has 0 spiro atoms. The summed E-state index contributed by atoms with van der Waals surface area (Å²) in [5.74, 6) is -0.670. The van der Waals surface area contributed by atoms with E-state index >= 15 is 0 Å². The van der Waals surface area contributed by atoms with Gasteiger partial charge < -0.3 is 16.8 Å². The summed E-state index contributed by atoms with van der Waals surface area (Å²) in [6.45, 7) is 5.68. The average molecular weight is 464 g/mol. The maximum atomic E-state index is 13.1. The van der Waals surface area contributed by atoms with E-state index in [0.717, 1.165) is 11.8 Å². The van der Waals surface area contributed by atoms with E-state index in [-0.39, 0.29) is 28.7 Å². The fourth-order valence-electron chi connectivity index (χ4n) is 2.81. The van der Waals surface area contributed by atoms with E-state index in [2.05, 4.69) is 15.6 Å². The summed E-state index contributed by atoms with van der Waals surface area (Å²) in [5, 5.41) is 5.78. The zero-order chi connectivity index (χ0) is 24.1. The Morgan fingerprint density at radius 1 is 1.06 bits per heavy atom. The number of rotatable bonds is 6. The smallest absolute Gasteiger partial charge is 0.257 e. The number of sulfone groups is 1. The normalized spacial score (nSPS) is 14.5. The number of halogens is 1. The fraction of sp³-hybridized carbons (Fsp3) is 0.364. The van der Waals surface area contributed by atoms with E-state index in [1.165, 1.54) is 36.4 Å². The zero-order valence-electron chi connectivity index (χ0n) is 18.6. The van der Waals surface area contributed by atoms with Gasteiger partial charge in [-0.2, -0.15) is 0 Å². The molecule has 1 amide bonds. The minimum Gasteiger partial charge on any atom is -0.351 e. The lowest BCUT2D eigenvalue weighted by molar-refractivity contribution is 0.0975. The summed E-state index contributed by atoms with van der Waals surface area (Å²) >= 11 is 0. The molecule has 32 heavy (non-hydrogen) atoms. The van der Waals surface area contributed by atoms with Crippen LogP contribution in [-0.2, 0) is 9.84 Å². The quantitative estimate of drug-likeness (QED) is 0.382. The second-order valence-corrected chi connectivity index (χ2v) is 10.6. The van der Waals surface area contributed by atoms with Crippen molar-refractivity contribution in [3.8, 4) is 0 Å². The molecule has 0 radical (unpaired) electrons. The Balaban J connectivity index is 2.16. The molecule has 0 bridgehead atoms. The van der Waals surface area contributed by atoms with Gasteiger partial charge in [0.05, 0.1) is 4.90 Å². The van der Waals surface area contributed by atoms with Crippen molar-refractivity contribution in [2.45, 2.75) is 49.8 Å². The highest BCUT2D eigenvalue weighted by molar-refractivity contribution is 7.90. The summed E-state index contributed by atoms with van der Waals surface area (Å²) in [5.41, 5.74) is 12.9. The van der Waals surface area contributed by atoms with Crippen molar-refractivity contribution >= 4 is 21.7 Å². The highest BCUT2D eigenvalue weighted by atomic mass is 32.2. The first-order chi connectivity index (χ1) is 14.7. The summed E-state index contributed by atoms with van der Waals surface area (Å²) in [6.07, 6.45) is 0.616. The van der Waals surface area contributed by atoms with E-state index in [4.69, 9.17) is 11.5 Å². The zero-order valence-corrected chi connectivity index (χ0v) is 19.4. The predicted octanol–water partition coefficient (Wildman–Crippen LogP) is 2.08. The highest BCUT2D eigenvalue weighted by Gasteiger charge is 2.18. The molecule has 2 unspecified atom stereocenters. The summed E-state index contributed by atoms with van der Waals surface area (Å²) in [6, 6.07) is 10.9. The number of nitrogens with zero attached hydrogens (tertiary/aromatic N) is 1. The van der Waals surface area contributed by atoms with Crippen molar-refractivity contribution in [2.24, 2.45) is 16.5 Å². The second-order valence-electron chi connectivity index (χ2n) is 8.56. The Morgan fingerprint density at radius 3 is 2.12 bits per heavy atom. The van der Waals surface area contributed by atoms with E-state index in [0.29, 0.717) is 0 Å². The Hall–Kier alpha value is -2.82. The molecule has 2 atom stereocenters. The van der Waals surface area contributed by atoms with Gasteiger partial charge in [0, 0.05) is 29.8 Å². The molecule has 6 N–H and O–H groups in total. The number of carbonyl (C=O) groups excluding carboxylic acids is 1. The molecule has 0 heterocycles. The number of carbonyl (C=O) groups is 1. The Labute approximate surface area is 188 Å². The maximum absolute atomic E-state index is 13.1. The lowest BCUT2D eigenvalue weighted by atomic mass is 10.0. The largest absolute Gasteiger partial charge is 0.351 e. The van der Waals surface area contributed by atoms with Gasteiger partial charge in [-0.3, -0.25) is 10.1 Å². The van der Waals surface area contributed by atoms with Crippen molar-refractivity contribution in [2.75, 3.05) is 6.26 Å². The Kier molecular flexibility index (Phi) is 8.11. The molecule has 0 saturated heterocycles. The number of nitrogens with two attached hydrogens (primary N) is 2. The second kappa shape index (κ2) is 10.2. The van der Waals surface area contributed by atoms with Crippen molar-refractivity contribution < 1.29 is 17.6 Å². The van der Waals surface area contributed by atoms with Crippen LogP contribution in [0.1, 0.15) is 49.2 Å². The van der Waals surface area contributed by atoms with Crippen LogP contribution in [-0.4, -0.2) is 38.2 Å². The van der Waals surface area contributed by atoms with Crippen molar-refractivity contribution in [3.05, 3.63) is 65.5 Å². The number of benzene rings is 2. The maximum Gasteiger partial charge on any atom is 0.257 e. The average Bonchev–Trinajstić information content (AvgIpc) is 2.66. The summed E-state index contributed by atoms with van der Waals surface area (Å²) < 4.78 is 36.3. The topological polar surface area (TPSA) is 140 Å². The number of amides is 1.